The van der Waals surface area contributed by atoms with E-state index < -0.39 is 30.2 Å². The molecule has 0 aromatic heterocycles. The molecule has 0 spiro atoms. The summed E-state index contributed by atoms with van der Waals surface area (Å²) >= 11 is 5.93. The predicted molar refractivity (Wildman–Crippen MR) is 99.4 cm³/mol. The number of halogens is 2. The summed E-state index contributed by atoms with van der Waals surface area (Å²) in [5, 5.41) is 5.03. The van der Waals surface area contributed by atoms with Crippen LogP contribution in [0.25, 0.3) is 6.08 Å². The van der Waals surface area contributed by atoms with Crippen LogP contribution in [0.1, 0.15) is 11.1 Å². The number of rotatable bonds is 4. The molecule has 0 bridgehead atoms. The first-order chi connectivity index (χ1) is 12.8. The summed E-state index contributed by atoms with van der Waals surface area (Å²) in [4.78, 5) is 37.3. The van der Waals surface area contributed by atoms with Gasteiger partial charge in [0.2, 0.25) is 5.91 Å². The zero-order chi connectivity index (χ0) is 19.6. The van der Waals surface area contributed by atoms with Crippen LogP contribution in [0.15, 0.2) is 48.2 Å². The minimum atomic E-state index is -0.766. The second-order valence-corrected chi connectivity index (χ2v) is 6.34. The molecule has 4 amide bonds. The number of hydrogen-bond donors (Lipinski definition) is 2. The number of urea groups is 1. The number of nitrogens with one attached hydrogen (secondary N) is 2. The van der Waals surface area contributed by atoms with Crippen molar-refractivity contribution in [3.05, 3.63) is 70.1 Å². The number of benzene rings is 2. The van der Waals surface area contributed by atoms with Crippen molar-refractivity contribution >= 4 is 41.2 Å². The van der Waals surface area contributed by atoms with Gasteiger partial charge in [-0.1, -0.05) is 35.4 Å². The normalized spacial score (nSPS) is 15.2. The fraction of sp³-hybridized carbons (Fsp3) is 0.105. The Morgan fingerprint density at radius 3 is 2.59 bits per heavy atom. The van der Waals surface area contributed by atoms with Crippen molar-refractivity contribution in [3.8, 4) is 0 Å². The van der Waals surface area contributed by atoms with Gasteiger partial charge in [0, 0.05) is 11.3 Å². The standard InChI is InChI=1S/C19H15ClFN3O3/c1-11-5-7-12(8-6-11)22-17(25)10-24-18(26)16(23-19(24)27)9-13-14(20)3-2-4-15(13)21/h2-9H,10H2,1H3,(H,22,25)(H,23,27). The predicted octanol–water partition coefficient (Wildman–Crippen LogP) is 3.32. The van der Waals surface area contributed by atoms with E-state index in [1.807, 2.05) is 19.1 Å². The Labute approximate surface area is 159 Å². The quantitative estimate of drug-likeness (QED) is 0.624. The number of imide groups is 1. The van der Waals surface area contributed by atoms with Crippen LogP contribution in [0.4, 0.5) is 14.9 Å². The van der Waals surface area contributed by atoms with Gasteiger partial charge < -0.3 is 10.6 Å². The molecule has 2 aromatic rings. The first-order valence-electron chi connectivity index (χ1n) is 8.00. The molecule has 1 aliphatic rings. The number of nitrogens with zero attached hydrogens (tertiary/aromatic N) is 1. The van der Waals surface area contributed by atoms with E-state index in [0.29, 0.717) is 5.69 Å². The molecule has 0 unspecified atom stereocenters. The Hall–Kier alpha value is -3.19. The molecular weight excluding hydrogens is 373 g/mol. The average Bonchev–Trinajstić information content (AvgIpc) is 2.88. The maximum absolute atomic E-state index is 13.9. The van der Waals surface area contributed by atoms with Crippen LogP contribution in [0, 0.1) is 12.7 Å². The molecule has 138 valence electrons. The summed E-state index contributed by atoms with van der Waals surface area (Å²) in [6.07, 6.45) is 1.15. The Bertz CT molecular complexity index is 937. The van der Waals surface area contributed by atoms with Crippen molar-refractivity contribution in [1.29, 1.82) is 0 Å². The Morgan fingerprint density at radius 1 is 1.22 bits per heavy atom. The van der Waals surface area contributed by atoms with Gasteiger partial charge in [0.25, 0.3) is 5.91 Å². The molecule has 6 nitrogen and oxygen atoms in total. The molecule has 0 saturated carbocycles. The molecule has 1 heterocycles. The maximum atomic E-state index is 13.9. The fourth-order valence-corrected chi connectivity index (χ4v) is 2.71. The van der Waals surface area contributed by atoms with Crippen molar-refractivity contribution in [3.63, 3.8) is 0 Å². The molecule has 1 fully saturated rings. The summed E-state index contributed by atoms with van der Waals surface area (Å²) in [5.41, 5.74) is 1.40. The van der Waals surface area contributed by atoms with E-state index in [2.05, 4.69) is 10.6 Å². The number of aryl methyl sites for hydroxylation is 1. The lowest BCUT2D eigenvalue weighted by atomic mass is 10.1. The molecule has 3 rings (SSSR count). The summed E-state index contributed by atoms with van der Waals surface area (Å²) in [6.45, 7) is 1.44. The van der Waals surface area contributed by atoms with Crippen molar-refractivity contribution in [2.45, 2.75) is 6.92 Å². The summed E-state index contributed by atoms with van der Waals surface area (Å²) in [5.74, 6) is -1.90. The van der Waals surface area contributed by atoms with Crippen LogP contribution >= 0.6 is 11.6 Å². The first-order valence-corrected chi connectivity index (χ1v) is 8.38. The van der Waals surface area contributed by atoms with Gasteiger partial charge in [-0.3, -0.25) is 9.59 Å². The lowest BCUT2D eigenvalue weighted by molar-refractivity contribution is -0.127. The van der Waals surface area contributed by atoms with Crippen LogP contribution in [0.2, 0.25) is 5.02 Å². The third kappa shape index (κ3) is 4.15. The molecule has 0 atom stereocenters. The van der Waals surface area contributed by atoms with Crippen LogP contribution in [0.5, 0.6) is 0 Å². The van der Waals surface area contributed by atoms with Crippen LogP contribution in [-0.2, 0) is 9.59 Å². The van der Waals surface area contributed by atoms with Gasteiger partial charge in [-0.2, -0.15) is 0 Å². The van der Waals surface area contributed by atoms with E-state index in [0.717, 1.165) is 16.5 Å². The third-order valence-electron chi connectivity index (χ3n) is 3.89. The van der Waals surface area contributed by atoms with Gasteiger partial charge in [0.15, 0.2) is 0 Å². The highest BCUT2D eigenvalue weighted by atomic mass is 35.5. The zero-order valence-corrected chi connectivity index (χ0v) is 15.0. The number of anilines is 1. The lowest BCUT2D eigenvalue weighted by Crippen LogP contribution is -2.38. The molecular formula is C19H15ClFN3O3. The minimum Gasteiger partial charge on any atom is -0.325 e. The van der Waals surface area contributed by atoms with Crippen molar-refractivity contribution < 1.29 is 18.8 Å². The molecule has 8 heteroatoms. The SMILES string of the molecule is Cc1ccc(NC(=O)CN2C(=O)NC(=Cc3c(F)cccc3Cl)C2=O)cc1. The van der Waals surface area contributed by atoms with E-state index in [-0.39, 0.29) is 16.3 Å². The lowest BCUT2D eigenvalue weighted by Gasteiger charge is -2.12. The van der Waals surface area contributed by atoms with Crippen molar-refractivity contribution in [2.24, 2.45) is 0 Å². The van der Waals surface area contributed by atoms with E-state index >= 15 is 0 Å². The second-order valence-electron chi connectivity index (χ2n) is 5.93. The molecule has 1 saturated heterocycles. The second kappa shape index (κ2) is 7.59. The van der Waals surface area contributed by atoms with Crippen LogP contribution < -0.4 is 10.6 Å². The fourth-order valence-electron chi connectivity index (χ4n) is 2.49. The van der Waals surface area contributed by atoms with Crippen LogP contribution in [0.3, 0.4) is 0 Å². The van der Waals surface area contributed by atoms with Gasteiger partial charge in [0.05, 0.1) is 5.02 Å². The summed E-state index contributed by atoms with van der Waals surface area (Å²) in [6, 6.07) is 10.4. The highest BCUT2D eigenvalue weighted by Gasteiger charge is 2.35. The largest absolute Gasteiger partial charge is 0.329 e. The Balaban J connectivity index is 1.73. The van der Waals surface area contributed by atoms with E-state index in [4.69, 9.17) is 11.6 Å². The smallest absolute Gasteiger partial charge is 0.325 e. The number of hydrogen-bond acceptors (Lipinski definition) is 3. The summed E-state index contributed by atoms with van der Waals surface area (Å²) in [7, 11) is 0. The van der Waals surface area contributed by atoms with Gasteiger partial charge >= 0.3 is 6.03 Å². The van der Waals surface area contributed by atoms with Gasteiger partial charge in [-0.25, -0.2) is 14.1 Å². The first kappa shape index (κ1) is 18.6. The Kier molecular flexibility index (Phi) is 5.23. The molecule has 1 aliphatic heterocycles. The maximum Gasteiger partial charge on any atom is 0.329 e. The molecule has 0 radical (unpaired) electrons. The van der Waals surface area contributed by atoms with E-state index in [1.54, 1.807) is 12.1 Å². The van der Waals surface area contributed by atoms with E-state index in [9.17, 15) is 18.8 Å². The Morgan fingerprint density at radius 2 is 1.93 bits per heavy atom. The zero-order valence-electron chi connectivity index (χ0n) is 14.3. The van der Waals surface area contributed by atoms with Gasteiger partial charge in [0.1, 0.15) is 18.1 Å². The molecule has 2 aromatic carbocycles. The highest BCUT2D eigenvalue weighted by Crippen LogP contribution is 2.23. The molecule has 2 N–H and O–H groups in total. The highest BCUT2D eigenvalue weighted by molar-refractivity contribution is 6.32. The monoisotopic (exact) mass is 387 g/mol. The third-order valence-corrected chi connectivity index (χ3v) is 4.22. The van der Waals surface area contributed by atoms with Gasteiger partial charge in [-0.15, -0.1) is 0 Å². The number of carbonyl (C=O) groups is 3. The average molecular weight is 388 g/mol. The molecule has 0 aliphatic carbocycles. The molecule has 27 heavy (non-hydrogen) atoms. The minimum absolute atomic E-state index is 0.0197. The number of amides is 4. The van der Waals surface area contributed by atoms with Crippen molar-refractivity contribution in [1.82, 2.24) is 10.2 Å². The number of carbonyl (C=O) groups excluding carboxylic acids is 3. The van der Waals surface area contributed by atoms with Crippen LogP contribution in [-0.4, -0.2) is 29.3 Å². The topological polar surface area (TPSA) is 78.5 Å². The van der Waals surface area contributed by atoms with Gasteiger partial charge in [-0.05, 0) is 37.3 Å². The van der Waals surface area contributed by atoms with Crippen molar-refractivity contribution in [2.75, 3.05) is 11.9 Å². The summed E-state index contributed by atoms with van der Waals surface area (Å²) < 4.78 is 13.9. The van der Waals surface area contributed by atoms with E-state index in [1.165, 1.54) is 18.2 Å².